The van der Waals surface area contributed by atoms with E-state index in [9.17, 15) is 37.0 Å². The number of alkyl halides is 2. The summed E-state index contributed by atoms with van der Waals surface area (Å²) in [5.41, 5.74) is 1.80. The minimum absolute atomic E-state index is 0.0160. The van der Waals surface area contributed by atoms with Crippen molar-refractivity contribution in [2.75, 3.05) is 0 Å². The lowest BCUT2D eigenvalue weighted by Crippen LogP contribution is -2.38. The third-order valence-corrected chi connectivity index (χ3v) is 11.4. The van der Waals surface area contributed by atoms with E-state index in [0.29, 0.717) is 18.8 Å². The minimum Gasteiger partial charge on any atom is -0.432 e. The third-order valence-electron chi connectivity index (χ3n) is 10.2. The molecule has 2 aromatic carbocycles. The van der Waals surface area contributed by atoms with E-state index in [1.54, 1.807) is 6.07 Å². The third kappa shape index (κ3) is 7.47. The molecule has 1 nitrogen and oxygen atoms in total. The number of benzene rings is 2. The highest BCUT2D eigenvalue weighted by atomic mass is 32.5. The van der Waals surface area contributed by atoms with Crippen LogP contribution in [-0.4, -0.2) is 6.11 Å². The Morgan fingerprint density at radius 2 is 1.14 bits per heavy atom. The van der Waals surface area contributed by atoms with Gasteiger partial charge in [0.1, 0.15) is 11.6 Å². The van der Waals surface area contributed by atoms with Gasteiger partial charge in [0.15, 0.2) is 16.5 Å². The highest BCUT2D eigenvalue weighted by Gasteiger charge is 2.69. The molecule has 0 spiro atoms. The summed E-state index contributed by atoms with van der Waals surface area (Å²) in [5, 5.41) is 0. The van der Waals surface area contributed by atoms with E-state index in [2.05, 4.69) is 17.7 Å². The van der Waals surface area contributed by atoms with Gasteiger partial charge in [0.05, 0.1) is 5.92 Å². The first-order valence-electron chi connectivity index (χ1n) is 15.4. The molecule has 12 heteroatoms. The molecule has 0 N–H and O–H groups in total. The predicted octanol–water partition coefficient (Wildman–Crippen LogP) is 12.8. The molecule has 248 valence electrons. The molecular weight excluding hydrogens is 622 g/mol. The molecule has 0 heterocycles. The van der Waals surface area contributed by atoms with Crippen molar-refractivity contribution in [3.05, 3.63) is 58.9 Å². The van der Waals surface area contributed by atoms with E-state index in [0.717, 1.165) is 68.4 Å². The maximum absolute atomic E-state index is 15.2. The molecule has 0 atom stereocenters. The lowest BCUT2D eigenvalue weighted by atomic mass is 9.68. The van der Waals surface area contributed by atoms with Gasteiger partial charge < -0.3 is 4.74 Å². The molecule has 3 saturated carbocycles. The van der Waals surface area contributed by atoms with Crippen molar-refractivity contribution in [2.24, 2.45) is 23.7 Å². The van der Waals surface area contributed by atoms with Crippen LogP contribution in [0.15, 0.2) is 35.2 Å². The van der Waals surface area contributed by atoms with Gasteiger partial charge in [-0.3, -0.25) is 0 Å². The van der Waals surface area contributed by atoms with Crippen LogP contribution in [0.25, 0.3) is 0 Å². The molecule has 0 radical (unpaired) electrons. The van der Waals surface area contributed by atoms with Crippen molar-refractivity contribution >= 4 is 10.2 Å². The van der Waals surface area contributed by atoms with E-state index < -0.39 is 44.5 Å². The van der Waals surface area contributed by atoms with Crippen molar-refractivity contribution in [1.82, 2.24) is 0 Å². The Morgan fingerprint density at radius 1 is 0.636 bits per heavy atom. The summed E-state index contributed by atoms with van der Waals surface area (Å²) in [6.45, 7) is 2.25. The van der Waals surface area contributed by atoms with Crippen molar-refractivity contribution in [3.8, 4) is 5.75 Å². The van der Waals surface area contributed by atoms with Crippen LogP contribution in [0.3, 0.4) is 0 Å². The van der Waals surface area contributed by atoms with Gasteiger partial charge in [-0.05, 0) is 111 Å². The lowest BCUT2D eigenvalue weighted by Gasteiger charge is -2.41. The molecular formula is C32H38F10OS. The number of rotatable bonds is 7. The van der Waals surface area contributed by atoms with E-state index in [1.807, 2.05) is 6.07 Å². The van der Waals surface area contributed by atoms with Gasteiger partial charge in [-0.25, -0.2) is 13.2 Å². The molecule has 44 heavy (non-hydrogen) atoms. The van der Waals surface area contributed by atoms with Crippen LogP contribution < -0.4 is 4.74 Å². The van der Waals surface area contributed by atoms with Crippen LogP contribution in [-0.2, 0) is 0 Å². The Balaban J connectivity index is 1.13. The Hall–Kier alpha value is -2.11. The summed E-state index contributed by atoms with van der Waals surface area (Å²) in [4.78, 5) is -3.38. The Labute approximate surface area is 251 Å². The van der Waals surface area contributed by atoms with Gasteiger partial charge in [0.25, 0.3) is 0 Å². The molecule has 0 unspecified atom stereocenters. The highest BCUT2D eigenvalue weighted by Crippen LogP contribution is 3.02. The van der Waals surface area contributed by atoms with E-state index in [-0.39, 0.29) is 48.5 Å². The average Bonchev–Trinajstić information content (AvgIpc) is 2.91. The van der Waals surface area contributed by atoms with Crippen LogP contribution in [0.5, 0.6) is 5.75 Å². The molecule has 3 aliphatic carbocycles. The summed E-state index contributed by atoms with van der Waals surface area (Å²) < 4.78 is 142. The molecule has 0 bridgehead atoms. The second-order valence-corrected chi connectivity index (χ2v) is 15.7. The Bertz CT molecular complexity index is 1320. The second kappa shape index (κ2) is 11.3. The first-order valence-corrected chi connectivity index (χ1v) is 17.3. The molecule has 3 fully saturated rings. The molecule has 0 amide bonds. The van der Waals surface area contributed by atoms with Crippen LogP contribution in [0.1, 0.15) is 107 Å². The average molecular weight is 661 g/mol. The topological polar surface area (TPSA) is 9.23 Å². The Kier molecular flexibility index (Phi) is 8.54. The summed E-state index contributed by atoms with van der Waals surface area (Å²) in [5.74, 6) is -6.58. The summed E-state index contributed by atoms with van der Waals surface area (Å²) in [7, 11) is -10.7. The smallest absolute Gasteiger partial charge is 0.400 e. The van der Waals surface area contributed by atoms with Gasteiger partial charge in [0, 0.05) is 12.1 Å². The maximum atomic E-state index is 15.2. The largest absolute Gasteiger partial charge is 0.432 e. The fourth-order valence-electron chi connectivity index (χ4n) is 7.75. The first-order chi connectivity index (χ1) is 20.3. The zero-order chi connectivity index (χ0) is 32.1. The van der Waals surface area contributed by atoms with Crippen LogP contribution in [0.2, 0.25) is 0 Å². The summed E-state index contributed by atoms with van der Waals surface area (Å²) >= 11 is 0. The van der Waals surface area contributed by atoms with E-state index in [4.69, 9.17) is 0 Å². The summed E-state index contributed by atoms with van der Waals surface area (Å²) in [6, 6.07) is 5.12. The normalized spacial score (nSPS) is 30.3. The van der Waals surface area contributed by atoms with Gasteiger partial charge >= 0.3 is 16.3 Å². The maximum Gasteiger partial charge on any atom is 0.400 e. The van der Waals surface area contributed by atoms with Crippen molar-refractivity contribution in [1.29, 1.82) is 0 Å². The van der Waals surface area contributed by atoms with Gasteiger partial charge in [-0.15, -0.1) is 0 Å². The Morgan fingerprint density at radius 3 is 1.64 bits per heavy atom. The predicted molar refractivity (Wildman–Crippen MR) is 150 cm³/mol. The number of hydrogen-bond donors (Lipinski definition) is 0. The van der Waals surface area contributed by atoms with Crippen LogP contribution in [0, 0.1) is 41.1 Å². The van der Waals surface area contributed by atoms with Gasteiger partial charge in [-0.2, -0.15) is 8.78 Å². The van der Waals surface area contributed by atoms with E-state index >= 15 is 4.39 Å². The number of ether oxygens (including phenoxy) is 1. The molecule has 2 aromatic rings. The van der Waals surface area contributed by atoms with Crippen LogP contribution in [0.4, 0.5) is 41.4 Å². The monoisotopic (exact) mass is 660 g/mol. The SMILES string of the molecule is CC1CCC(c2ccc(C3CCC(C4CCC(C(F)(F)Oc5cc(F)c(S(F)(F)(F)(F)F)c(F)c5)CC4)CC3)c(F)c2)CC1. The van der Waals surface area contributed by atoms with E-state index in [1.165, 1.54) is 0 Å². The van der Waals surface area contributed by atoms with Gasteiger partial charge in [-0.1, -0.05) is 51.3 Å². The van der Waals surface area contributed by atoms with Crippen molar-refractivity contribution in [2.45, 2.75) is 107 Å². The van der Waals surface area contributed by atoms with Gasteiger partial charge in [0.2, 0.25) is 0 Å². The highest BCUT2D eigenvalue weighted by molar-refractivity contribution is 8.45. The quantitative estimate of drug-likeness (QED) is 0.269. The molecule has 5 rings (SSSR count). The molecule has 0 aliphatic heterocycles. The minimum atomic E-state index is -10.7. The zero-order valence-corrected chi connectivity index (χ0v) is 25.2. The fraction of sp³-hybridized carbons (Fsp3) is 0.625. The summed E-state index contributed by atoms with van der Waals surface area (Å²) in [6.07, 6.45) is 4.70. The second-order valence-electron chi connectivity index (χ2n) is 13.3. The standard InChI is InChI=1S/C32H38F10OS/c1-19-2-4-22(5-3-19)24-12-15-27(28(33)16-24)23-8-6-20(7-9-23)21-10-13-25(14-11-21)32(36,37)43-26-17-29(34)31(30(35)18-26)44(38,39,40,41)42/h12,15-23,25H,2-11,13-14H2,1H3. The zero-order valence-electron chi connectivity index (χ0n) is 24.4. The number of halogens is 10. The lowest BCUT2D eigenvalue weighted by molar-refractivity contribution is -0.224. The molecule has 0 aromatic heterocycles. The van der Waals surface area contributed by atoms with Crippen molar-refractivity contribution < 1.29 is 46.1 Å². The van der Waals surface area contributed by atoms with Crippen LogP contribution >= 0.6 is 10.2 Å². The fourth-order valence-corrected chi connectivity index (χ4v) is 8.61. The van der Waals surface area contributed by atoms with Crippen molar-refractivity contribution in [3.63, 3.8) is 0 Å². The molecule has 0 saturated heterocycles. The molecule has 3 aliphatic rings. The first kappa shape index (κ1) is 33.3. The number of hydrogen-bond acceptors (Lipinski definition) is 1.